The first kappa shape index (κ1) is 12.1. The van der Waals surface area contributed by atoms with Crippen molar-refractivity contribution in [2.24, 2.45) is 11.1 Å². The number of anilines is 1. The van der Waals surface area contributed by atoms with Crippen molar-refractivity contribution >= 4 is 11.6 Å². The van der Waals surface area contributed by atoms with E-state index in [0.29, 0.717) is 25.4 Å². The van der Waals surface area contributed by atoms with Gasteiger partial charge in [0.25, 0.3) is 0 Å². The van der Waals surface area contributed by atoms with E-state index in [1.807, 2.05) is 0 Å². The second-order valence-corrected chi connectivity index (χ2v) is 4.42. The number of hydrogen-bond acceptors (Lipinski definition) is 4. The van der Waals surface area contributed by atoms with Crippen LogP contribution in [0.25, 0.3) is 0 Å². The van der Waals surface area contributed by atoms with Crippen molar-refractivity contribution in [2.45, 2.75) is 19.4 Å². The fraction of sp³-hybridized carbons (Fsp3) is 0.636. The molecule has 0 radical (unpaired) electrons. The van der Waals surface area contributed by atoms with Crippen LogP contribution in [0.2, 0.25) is 0 Å². The summed E-state index contributed by atoms with van der Waals surface area (Å²) in [6.45, 7) is 1.69. The maximum atomic E-state index is 11.9. The molecule has 1 amide bonds. The third-order valence-corrected chi connectivity index (χ3v) is 3.14. The van der Waals surface area contributed by atoms with Crippen LogP contribution in [0.5, 0.6) is 0 Å². The number of nitrogens with two attached hydrogens (primary N) is 1. The molecule has 1 aliphatic carbocycles. The Morgan fingerprint density at radius 3 is 3.06 bits per heavy atom. The molecule has 0 aromatic carbocycles. The van der Waals surface area contributed by atoms with Gasteiger partial charge < -0.3 is 15.8 Å². The van der Waals surface area contributed by atoms with Crippen LogP contribution in [-0.4, -0.2) is 35.9 Å². The number of rotatable bonds is 6. The molecule has 3 N–H and O–H groups in total. The van der Waals surface area contributed by atoms with Crippen molar-refractivity contribution in [1.29, 1.82) is 0 Å². The normalized spacial score (nSPS) is 16.8. The summed E-state index contributed by atoms with van der Waals surface area (Å²) in [7, 11) is 1.64. The van der Waals surface area contributed by atoms with E-state index in [2.05, 4.69) is 10.4 Å². The van der Waals surface area contributed by atoms with Crippen molar-refractivity contribution in [2.75, 3.05) is 25.6 Å². The Bertz CT molecular complexity index is 398. The molecule has 6 heteroatoms. The number of hydrogen-bond donors (Lipinski definition) is 2. The van der Waals surface area contributed by atoms with E-state index in [-0.39, 0.29) is 11.3 Å². The topological polar surface area (TPSA) is 82.2 Å². The van der Waals surface area contributed by atoms with E-state index < -0.39 is 0 Å². The Morgan fingerprint density at radius 2 is 2.47 bits per heavy atom. The smallest absolute Gasteiger partial charge is 0.231 e. The molecule has 0 bridgehead atoms. The van der Waals surface area contributed by atoms with Crippen LogP contribution in [0.15, 0.2) is 12.4 Å². The number of ether oxygens (including phenoxy) is 1. The molecule has 17 heavy (non-hydrogen) atoms. The maximum absolute atomic E-state index is 11.9. The number of carbonyl (C=O) groups excluding carboxylic acids is 1. The Hall–Kier alpha value is -1.40. The van der Waals surface area contributed by atoms with Crippen molar-refractivity contribution < 1.29 is 9.53 Å². The quantitative estimate of drug-likeness (QED) is 0.742. The van der Waals surface area contributed by atoms with Crippen molar-refractivity contribution in [3.05, 3.63) is 12.4 Å². The summed E-state index contributed by atoms with van der Waals surface area (Å²) in [5.41, 5.74) is 5.99. The molecule has 0 saturated heterocycles. The summed E-state index contributed by atoms with van der Waals surface area (Å²) in [4.78, 5) is 11.9. The fourth-order valence-corrected chi connectivity index (χ4v) is 1.67. The summed E-state index contributed by atoms with van der Waals surface area (Å²) in [5, 5.41) is 6.98. The summed E-state index contributed by atoms with van der Waals surface area (Å²) < 4.78 is 6.69. The van der Waals surface area contributed by atoms with E-state index >= 15 is 0 Å². The molecule has 1 aliphatic rings. The van der Waals surface area contributed by atoms with Gasteiger partial charge in [0.05, 0.1) is 30.5 Å². The molecular weight excluding hydrogens is 220 g/mol. The molecule has 1 aromatic heterocycles. The molecule has 0 atom stereocenters. The molecule has 1 fully saturated rings. The molecule has 0 spiro atoms. The summed E-state index contributed by atoms with van der Waals surface area (Å²) in [6, 6.07) is 0. The first-order valence-corrected chi connectivity index (χ1v) is 5.73. The second kappa shape index (κ2) is 4.85. The number of carbonyl (C=O) groups is 1. The number of amides is 1. The van der Waals surface area contributed by atoms with Crippen LogP contribution in [0.1, 0.15) is 12.8 Å². The number of aromatic nitrogens is 2. The zero-order valence-corrected chi connectivity index (χ0v) is 9.98. The highest BCUT2D eigenvalue weighted by Crippen LogP contribution is 2.45. The first-order chi connectivity index (χ1) is 8.20. The summed E-state index contributed by atoms with van der Waals surface area (Å²) in [5.74, 6) is 0.00583. The van der Waals surface area contributed by atoms with Gasteiger partial charge in [-0.3, -0.25) is 9.48 Å². The number of nitrogens with zero attached hydrogens (tertiary/aromatic N) is 2. The van der Waals surface area contributed by atoms with Crippen LogP contribution >= 0.6 is 0 Å². The second-order valence-electron chi connectivity index (χ2n) is 4.42. The van der Waals surface area contributed by atoms with Crippen molar-refractivity contribution in [3.8, 4) is 0 Å². The van der Waals surface area contributed by atoms with Gasteiger partial charge in [-0.25, -0.2) is 0 Å². The Kier molecular flexibility index (Phi) is 3.44. The van der Waals surface area contributed by atoms with Gasteiger partial charge in [0, 0.05) is 19.9 Å². The van der Waals surface area contributed by atoms with E-state index in [0.717, 1.165) is 12.8 Å². The molecule has 1 aromatic rings. The van der Waals surface area contributed by atoms with Gasteiger partial charge in [0.15, 0.2) is 0 Å². The van der Waals surface area contributed by atoms with Gasteiger partial charge in [0.1, 0.15) is 0 Å². The predicted octanol–water partition coefficient (Wildman–Crippen LogP) is 0.207. The third-order valence-electron chi connectivity index (χ3n) is 3.14. The van der Waals surface area contributed by atoms with Crippen LogP contribution in [-0.2, 0) is 16.1 Å². The van der Waals surface area contributed by atoms with Crippen LogP contribution < -0.4 is 11.1 Å². The SMILES string of the molecule is COCCn1cc(NC(=O)C2(CN)CC2)cn1. The minimum atomic E-state index is -0.325. The lowest BCUT2D eigenvalue weighted by Gasteiger charge is -2.10. The van der Waals surface area contributed by atoms with E-state index in [4.69, 9.17) is 10.5 Å². The molecule has 1 saturated carbocycles. The largest absolute Gasteiger partial charge is 0.383 e. The summed E-state index contributed by atoms with van der Waals surface area (Å²) in [6.07, 6.45) is 5.20. The molecule has 0 aliphatic heterocycles. The molecule has 1 heterocycles. The third kappa shape index (κ3) is 2.65. The monoisotopic (exact) mass is 238 g/mol. The Labute approximate surface area is 100 Å². The van der Waals surface area contributed by atoms with Gasteiger partial charge >= 0.3 is 0 Å². The lowest BCUT2D eigenvalue weighted by Crippen LogP contribution is -2.30. The highest BCUT2D eigenvalue weighted by molar-refractivity contribution is 5.97. The highest BCUT2D eigenvalue weighted by atomic mass is 16.5. The molecule has 2 rings (SSSR count). The van der Waals surface area contributed by atoms with Gasteiger partial charge in [-0.2, -0.15) is 5.10 Å². The predicted molar refractivity (Wildman–Crippen MR) is 63.5 cm³/mol. The number of nitrogens with one attached hydrogen (secondary N) is 1. The molecule has 0 unspecified atom stereocenters. The van der Waals surface area contributed by atoms with Gasteiger partial charge in [-0.05, 0) is 12.8 Å². The number of methoxy groups -OCH3 is 1. The average Bonchev–Trinajstić information content (AvgIpc) is 3.03. The lowest BCUT2D eigenvalue weighted by atomic mass is 10.1. The molecule has 94 valence electrons. The van der Waals surface area contributed by atoms with Gasteiger partial charge in [-0.1, -0.05) is 0 Å². The van der Waals surface area contributed by atoms with Crippen molar-refractivity contribution in [1.82, 2.24) is 9.78 Å². The zero-order chi connectivity index (χ0) is 12.3. The van der Waals surface area contributed by atoms with Crippen LogP contribution in [0, 0.1) is 5.41 Å². The minimum Gasteiger partial charge on any atom is -0.383 e. The van der Waals surface area contributed by atoms with Gasteiger partial charge in [-0.15, -0.1) is 0 Å². The van der Waals surface area contributed by atoms with Crippen LogP contribution in [0.4, 0.5) is 5.69 Å². The minimum absolute atomic E-state index is 0.00583. The zero-order valence-electron chi connectivity index (χ0n) is 9.98. The van der Waals surface area contributed by atoms with E-state index in [9.17, 15) is 4.79 Å². The van der Waals surface area contributed by atoms with E-state index in [1.54, 1.807) is 24.2 Å². The lowest BCUT2D eigenvalue weighted by molar-refractivity contribution is -0.120. The highest BCUT2D eigenvalue weighted by Gasteiger charge is 2.48. The standard InChI is InChI=1S/C11H18N4O2/c1-17-5-4-15-7-9(6-13-15)14-10(16)11(8-12)2-3-11/h6-7H,2-5,8,12H2,1H3,(H,14,16). The van der Waals surface area contributed by atoms with Gasteiger partial charge in [0.2, 0.25) is 5.91 Å². The maximum Gasteiger partial charge on any atom is 0.231 e. The van der Waals surface area contributed by atoms with Crippen LogP contribution in [0.3, 0.4) is 0 Å². The fourth-order valence-electron chi connectivity index (χ4n) is 1.67. The molecule has 6 nitrogen and oxygen atoms in total. The molecular formula is C11H18N4O2. The Balaban J connectivity index is 1.90. The average molecular weight is 238 g/mol. The first-order valence-electron chi connectivity index (χ1n) is 5.73. The van der Waals surface area contributed by atoms with E-state index in [1.165, 1.54) is 0 Å². The Morgan fingerprint density at radius 1 is 1.71 bits per heavy atom. The van der Waals surface area contributed by atoms with Crippen molar-refractivity contribution in [3.63, 3.8) is 0 Å². The summed E-state index contributed by atoms with van der Waals surface area (Å²) >= 11 is 0.